The Hall–Kier alpha value is -3.81. The molecule has 1 aliphatic rings. The van der Waals surface area contributed by atoms with E-state index in [1.807, 2.05) is 25.1 Å². The number of anilines is 1. The van der Waals surface area contributed by atoms with E-state index in [0.717, 1.165) is 44.8 Å². The van der Waals surface area contributed by atoms with Gasteiger partial charge in [-0.1, -0.05) is 12.1 Å². The van der Waals surface area contributed by atoms with Gasteiger partial charge in [-0.2, -0.15) is 4.98 Å². The zero-order valence-electron chi connectivity index (χ0n) is 20.3. The normalized spacial score (nSPS) is 16.4. The third-order valence-corrected chi connectivity index (χ3v) is 6.00. The first-order valence-corrected chi connectivity index (χ1v) is 11.1. The molecule has 0 fully saturated rings. The largest absolute Gasteiger partial charge is 0.486 e. The molecular weight excluding hydrogens is 434 g/mol. The molecule has 34 heavy (non-hydrogen) atoms. The van der Waals surface area contributed by atoms with Crippen LogP contribution in [0, 0.1) is 13.8 Å². The van der Waals surface area contributed by atoms with Gasteiger partial charge < -0.3 is 24.3 Å². The zero-order chi connectivity index (χ0) is 24.4. The lowest BCUT2D eigenvalue weighted by Crippen LogP contribution is -2.18. The number of ether oxygens (including phenoxy) is 4. The average molecular weight is 464 g/mol. The summed E-state index contributed by atoms with van der Waals surface area (Å²) >= 11 is 0. The molecule has 8 heteroatoms. The van der Waals surface area contributed by atoms with Crippen LogP contribution in [-0.4, -0.2) is 36.3 Å². The van der Waals surface area contributed by atoms with E-state index in [1.54, 1.807) is 13.3 Å². The number of aryl methyl sites for hydroxylation is 1. The molecule has 2 aromatic carbocycles. The van der Waals surface area contributed by atoms with Crippen LogP contribution < -0.4 is 19.5 Å². The second kappa shape index (κ2) is 9.59. The molecule has 8 nitrogen and oxygen atoms in total. The number of fused-ring (bicyclic) bond motifs is 1. The van der Waals surface area contributed by atoms with Crippen molar-refractivity contribution >= 4 is 11.7 Å². The summed E-state index contributed by atoms with van der Waals surface area (Å²) < 4.78 is 22.0. The van der Waals surface area contributed by atoms with Gasteiger partial charge in [0.2, 0.25) is 5.88 Å². The van der Waals surface area contributed by atoms with Crippen LogP contribution in [0.4, 0.5) is 5.69 Å². The van der Waals surface area contributed by atoms with E-state index in [4.69, 9.17) is 18.9 Å². The molecule has 0 spiro atoms. The van der Waals surface area contributed by atoms with E-state index < -0.39 is 0 Å². The van der Waals surface area contributed by atoms with E-state index >= 15 is 0 Å². The van der Waals surface area contributed by atoms with Crippen molar-refractivity contribution in [3.05, 3.63) is 58.8 Å². The first-order chi connectivity index (χ1) is 16.3. The molecule has 178 valence electrons. The van der Waals surface area contributed by atoms with E-state index in [9.17, 15) is 4.79 Å². The molecule has 3 aromatic rings. The number of aromatic nitrogens is 2. The Labute approximate surface area is 199 Å². The Kier molecular flexibility index (Phi) is 6.58. The molecule has 1 aromatic heterocycles. The summed E-state index contributed by atoms with van der Waals surface area (Å²) in [5, 5.41) is 3.48. The Morgan fingerprint density at radius 2 is 1.94 bits per heavy atom. The summed E-state index contributed by atoms with van der Waals surface area (Å²) in [6.07, 6.45) is 1.12. The standard InChI is InChI=1S/C26H29N3O5/c1-14-7-8-18(15(2)23(14)21-13-28-26(32-6)29-25(21)31-5)12-27-19-9-10-20-22(11-19)33-16(3)24(20)34-17(4)30/h7-11,13,16,24,27H,12H2,1-6H3/t16?,24-/m1/s1. The smallest absolute Gasteiger partial charge is 0.319 e. The van der Waals surface area contributed by atoms with Gasteiger partial charge in [0.05, 0.1) is 19.8 Å². The van der Waals surface area contributed by atoms with Gasteiger partial charge in [-0.15, -0.1) is 0 Å². The fraction of sp³-hybridized carbons (Fsp3) is 0.346. The minimum Gasteiger partial charge on any atom is -0.486 e. The number of methoxy groups -OCH3 is 2. The summed E-state index contributed by atoms with van der Waals surface area (Å²) in [6, 6.07) is 10.3. The molecule has 0 radical (unpaired) electrons. The predicted molar refractivity (Wildman–Crippen MR) is 128 cm³/mol. The van der Waals surface area contributed by atoms with Crippen molar-refractivity contribution in [2.75, 3.05) is 19.5 Å². The number of esters is 1. The molecule has 4 rings (SSSR count). The summed E-state index contributed by atoms with van der Waals surface area (Å²) in [6.45, 7) is 8.06. The molecule has 0 aliphatic carbocycles. The first-order valence-electron chi connectivity index (χ1n) is 11.1. The topological polar surface area (TPSA) is 91.8 Å². The quantitative estimate of drug-likeness (QED) is 0.501. The van der Waals surface area contributed by atoms with Gasteiger partial charge >= 0.3 is 12.0 Å². The van der Waals surface area contributed by atoms with Crippen LogP contribution in [0.5, 0.6) is 17.6 Å². The van der Waals surface area contributed by atoms with Gasteiger partial charge in [-0.25, -0.2) is 4.98 Å². The summed E-state index contributed by atoms with van der Waals surface area (Å²) in [5.74, 6) is 0.876. The van der Waals surface area contributed by atoms with Crippen LogP contribution in [0.3, 0.4) is 0 Å². The summed E-state index contributed by atoms with van der Waals surface area (Å²) in [5.41, 5.74) is 7.00. The highest BCUT2D eigenvalue weighted by atomic mass is 16.6. The monoisotopic (exact) mass is 463 g/mol. The Morgan fingerprint density at radius 3 is 2.65 bits per heavy atom. The molecule has 1 aliphatic heterocycles. The minimum absolute atomic E-state index is 0.224. The van der Waals surface area contributed by atoms with Crippen molar-refractivity contribution in [3.8, 4) is 28.8 Å². The van der Waals surface area contributed by atoms with E-state index in [-0.39, 0.29) is 24.2 Å². The number of carbonyl (C=O) groups is 1. The number of hydrogen-bond acceptors (Lipinski definition) is 8. The maximum atomic E-state index is 11.4. The lowest BCUT2D eigenvalue weighted by Gasteiger charge is -2.17. The second-order valence-electron chi connectivity index (χ2n) is 8.28. The van der Waals surface area contributed by atoms with Gasteiger partial charge in [-0.3, -0.25) is 4.79 Å². The van der Waals surface area contributed by atoms with E-state index in [0.29, 0.717) is 12.4 Å². The molecule has 0 bridgehead atoms. The van der Waals surface area contributed by atoms with E-state index in [2.05, 4.69) is 41.3 Å². The summed E-state index contributed by atoms with van der Waals surface area (Å²) in [7, 11) is 3.11. The Balaban J connectivity index is 1.58. The minimum atomic E-state index is -0.384. The van der Waals surface area contributed by atoms with Crippen molar-refractivity contribution in [1.82, 2.24) is 9.97 Å². The van der Waals surface area contributed by atoms with Crippen molar-refractivity contribution in [3.63, 3.8) is 0 Å². The second-order valence-corrected chi connectivity index (χ2v) is 8.28. The number of nitrogens with zero attached hydrogens (tertiary/aromatic N) is 2. The molecule has 1 unspecified atom stereocenters. The highest BCUT2D eigenvalue weighted by Gasteiger charge is 2.33. The molecular formula is C26H29N3O5. The Morgan fingerprint density at radius 1 is 1.15 bits per heavy atom. The number of carbonyl (C=O) groups excluding carboxylic acids is 1. The summed E-state index contributed by atoms with van der Waals surface area (Å²) in [4.78, 5) is 20.0. The first kappa shape index (κ1) is 23.4. The molecule has 0 amide bonds. The van der Waals surface area contributed by atoms with Gasteiger partial charge in [0.1, 0.15) is 11.9 Å². The van der Waals surface area contributed by atoms with Crippen LogP contribution in [-0.2, 0) is 16.1 Å². The lowest BCUT2D eigenvalue weighted by molar-refractivity contribution is -0.149. The number of nitrogens with one attached hydrogen (secondary N) is 1. The maximum absolute atomic E-state index is 11.4. The molecule has 1 N–H and O–H groups in total. The van der Waals surface area contributed by atoms with Crippen molar-refractivity contribution in [2.45, 2.75) is 46.4 Å². The van der Waals surface area contributed by atoms with Crippen LogP contribution in [0.15, 0.2) is 36.5 Å². The lowest BCUT2D eigenvalue weighted by atomic mass is 9.93. The van der Waals surface area contributed by atoms with Gasteiger partial charge in [0.25, 0.3) is 0 Å². The number of hydrogen-bond donors (Lipinski definition) is 1. The molecule has 0 saturated carbocycles. The Bertz CT molecular complexity index is 1230. The van der Waals surface area contributed by atoms with Crippen molar-refractivity contribution in [2.24, 2.45) is 0 Å². The van der Waals surface area contributed by atoms with Crippen LogP contribution in [0.2, 0.25) is 0 Å². The predicted octanol–water partition coefficient (Wildman–Crippen LogP) is 4.77. The highest BCUT2D eigenvalue weighted by molar-refractivity contribution is 5.75. The zero-order valence-corrected chi connectivity index (χ0v) is 20.3. The van der Waals surface area contributed by atoms with Gasteiger partial charge in [-0.05, 0) is 55.2 Å². The fourth-order valence-electron chi connectivity index (χ4n) is 4.30. The van der Waals surface area contributed by atoms with Gasteiger partial charge in [0.15, 0.2) is 6.10 Å². The van der Waals surface area contributed by atoms with Crippen LogP contribution >= 0.6 is 0 Å². The SMILES string of the molecule is COc1ncc(-c2c(C)ccc(CNc3ccc4c(c3)OC(C)[C@H]4OC(C)=O)c2C)c(OC)n1. The number of rotatable bonds is 7. The third-order valence-electron chi connectivity index (χ3n) is 6.00. The van der Waals surface area contributed by atoms with Crippen LogP contribution in [0.25, 0.3) is 11.1 Å². The highest BCUT2D eigenvalue weighted by Crippen LogP contribution is 2.41. The van der Waals surface area contributed by atoms with Crippen LogP contribution in [0.1, 0.15) is 42.2 Å². The van der Waals surface area contributed by atoms with Crippen molar-refractivity contribution in [1.29, 1.82) is 0 Å². The van der Waals surface area contributed by atoms with E-state index in [1.165, 1.54) is 14.0 Å². The molecule has 0 saturated heterocycles. The number of benzene rings is 2. The van der Waals surface area contributed by atoms with Crippen molar-refractivity contribution < 1.29 is 23.7 Å². The van der Waals surface area contributed by atoms with Gasteiger partial charge in [0, 0.05) is 37.0 Å². The molecule has 2 atom stereocenters. The average Bonchev–Trinajstić information content (AvgIpc) is 3.12. The third kappa shape index (κ3) is 4.48. The molecule has 2 heterocycles. The fourth-order valence-corrected chi connectivity index (χ4v) is 4.30. The maximum Gasteiger partial charge on any atom is 0.319 e.